The van der Waals surface area contributed by atoms with Gasteiger partial charge in [0.25, 0.3) is 0 Å². The summed E-state index contributed by atoms with van der Waals surface area (Å²) in [6.45, 7) is 14.6. The first-order chi connectivity index (χ1) is 11.4. The molecule has 5 nitrogen and oxygen atoms in total. The second kappa shape index (κ2) is 5.91. The maximum absolute atomic E-state index is 12.9. The van der Waals surface area contributed by atoms with Gasteiger partial charge in [-0.15, -0.1) is 0 Å². The van der Waals surface area contributed by atoms with Crippen LogP contribution in [0.25, 0.3) is 5.57 Å². The second-order valence-corrected chi connectivity index (χ2v) is 13.5. The van der Waals surface area contributed by atoms with Crippen molar-refractivity contribution in [3.8, 4) is 0 Å². The zero-order valence-electron chi connectivity index (χ0n) is 16.1. The molecule has 0 bridgehead atoms. The van der Waals surface area contributed by atoms with Crippen LogP contribution in [-0.4, -0.2) is 38.2 Å². The first kappa shape index (κ1) is 18.6. The van der Waals surface area contributed by atoms with Gasteiger partial charge in [0.1, 0.15) is 11.9 Å². The second-order valence-electron chi connectivity index (χ2n) is 8.79. The molecule has 1 aromatic heterocycles. The lowest BCUT2D eigenvalue weighted by Gasteiger charge is -2.41. The average Bonchev–Trinajstić information content (AvgIpc) is 3.07. The minimum absolute atomic E-state index is 0.0532. The molecule has 0 radical (unpaired) electrons. The van der Waals surface area contributed by atoms with Crippen molar-refractivity contribution in [3.05, 3.63) is 30.2 Å². The molecular weight excluding hydrogens is 336 g/mol. The van der Waals surface area contributed by atoms with E-state index in [1.165, 1.54) is 0 Å². The van der Waals surface area contributed by atoms with Gasteiger partial charge in [-0.1, -0.05) is 20.8 Å². The topological polar surface area (TPSA) is 57.9 Å². The van der Waals surface area contributed by atoms with Gasteiger partial charge in [0.2, 0.25) is 0 Å². The van der Waals surface area contributed by atoms with Crippen molar-refractivity contribution in [3.63, 3.8) is 0 Å². The Labute approximate surface area is 150 Å². The standard InChI is InChI=1S/C19H28O5Si/c1-18(2,3)25(6,7)24-14-11-12(13-9-8-10-21-13)15(20)17-16(14)22-19(4,5)23-17/h8-11,14,16-17H,1-7H3/t14-,16+,17-/m0/s1. The van der Waals surface area contributed by atoms with Crippen molar-refractivity contribution in [1.29, 1.82) is 0 Å². The fraction of sp³-hybridized carbons (Fsp3) is 0.632. The Morgan fingerprint density at radius 2 is 1.88 bits per heavy atom. The highest BCUT2D eigenvalue weighted by Gasteiger charge is 2.54. The molecular formula is C19H28O5Si. The first-order valence-corrected chi connectivity index (χ1v) is 11.7. The van der Waals surface area contributed by atoms with Crippen molar-refractivity contribution in [2.75, 3.05) is 0 Å². The summed E-state index contributed by atoms with van der Waals surface area (Å²) in [7, 11) is -2.06. The van der Waals surface area contributed by atoms with E-state index in [2.05, 4.69) is 33.9 Å². The molecule has 1 aliphatic heterocycles. The zero-order chi connectivity index (χ0) is 18.6. The van der Waals surface area contributed by atoms with E-state index in [0.29, 0.717) is 11.3 Å². The molecule has 2 heterocycles. The summed E-state index contributed by atoms with van der Waals surface area (Å²) in [4.78, 5) is 12.9. The molecule has 0 saturated carbocycles. The Hall–Kier alpha value is -1.21. The maximum Gasteiger partial charge on any atom is 0.198 e. The summed E-state index contributed by atoms with van der Waals surface area (Å²) < 4.78 is 24.0. The fourth-order valence-electron chi connectivity index (χ4n) is 2.98. The van der Waals surface area contributed by atoms with Gasteiger partial charge >= 0.3 is 0 Å². The molecule has 1 aliphatic carbocycles. The van der Waals surface area contributed by atoms with Crippen LogP contribution in [0.3, 0.4) is 0 Å². The smallest absolute Gasteiger partial charge is 0.198 e. The van der Waals surface area contributed by atoms with Gasteiger partial charge < -0.3 is 18.3 Å². The van der Waals surface area contributed by atoms with E-state index in [1.54, 1.807) is 18.4 Å². The lowest BCUT2D eigenvalue weighted by molar-refractivity contribution is -0.155. The molecule has 3 rings (SSSR count). The number of furan rings is 1. The Bertz CT molecular complexity index is 681. The molecule has 6 heteroatoms. The molecule has 0 unspecified atom stereocenters. The van der Waals surface area contributed by atoms with Crippen molar-refractivity contribution in [2.24, 2.45) is 0 Å². The minimum Gasteiger partial charge on any atom is -0.464 e. The third-order valence-electron chi connectivity index (χ3n) is 5.33. The highest BCUT2D eigenvalue weighted by atomic mass is 28.4. The van der Waals surface area contributed by atoms with Crippen molar-refractivity contribution >= 4 is 19.7 Å². The SMILES string of the molecule is CC1(C)O[C@@H]2[C@@H](O[Si](C)(C)C(C)(C)C)C=C(c3ccco3)C(=O)[C@@H]2O1. The third-order valence-corrected chi connectivity index (χ3v) is 9.80. The molecule has 25 heavy (non-hydrogen) atoms. The molecule has 1 aromatic rings. The predicted molar refractivity (Wildman–Crippen MR) is 97.6 cm³/mol. The quantitative estimate of drug-likeness (QED) is 0.754. The summed E-state index contributed by atoms with van der Waals surface area (Å²) in [5, 5.41) is 0.0532. The van der Waals surface area contributed by atoms with E-state index in [1.807, 2.05) is 19.9 Å². The van der Waals surface area contributed by atoms with Gasteiger partial charge in [0.05, 0.1) is 17.9 Å². The third kappa shape index (κ3) is 3.40. The van der Waals surface area contributed by atoms with Crippen molar-refractivity contribution < 1.29 is 23.1 Å². The largest absolute Gasteiger partial charge is 0.464 e. The molecule has 3 atom stereocenters. The molecule has 0 spiro atoms. The van der Waals surface area contributed by atoms with E-state index in [-0.39, 0.29) is 16.9 Å². The zero-order valence-corrected chi connectivity index (χ0v) is 17.1. The fourth-order valence-corrected chi connectivity index (χ4v) is 4.22. The van der Waals surface area contributed by atoms with Gasteiger partial charge in [-0.3, -0.25) is 4.79 Å². The van der Waals surface area contributed by atoms with Gasteiger partial charge in [-0.25, -0.2) is 0 Å². The van der Waals surface area contributed by atoms with E-state index >= 15 is 0 Å². The Balaban J connectivity index is 1.99. The number of rotatable bonds is 3. The number of carbonyl (C=O) groups is 1. The lowest BCUT2D eigenvalue weighted by atomic mass is 9.90. The summed E-state index contributed by atoms with van der Waals surface area (Å²) >= 11 is 0. The Kier molecular flexibility index (Phi) is 4.39. The van der Waals surface area contributed by atoms with Crippen molar-refractivity contribution in [1.82, 2.24) is 0 Å². The van der Waals surface area contributed by atoms with Crippen LogP contribution >= 0.6 is 0 Å². The molecule has 1 saturated heterocycles. The summed E-state index contributed by atoms with van der Waals surface area (Å²) in [6, 6.07) is 3.56. The van der Waals surface area contributed by atoms with Crippen LogP contribution in [0.1, 0.15) is 40.4 Å². The van der Waals surface area contributed by atoms with Crippen LogP contribution in [0.15, 0.2) is 28.9 Å². The number of ether oxygens (including phenoxy) is 2. The van der Waals surface area contributed by atoms with E-state index in [9.17, 15) is 4.79 Å². The average molecular weight is 365 g/mol. The van der Waals surface area contributed by atoms with E-state index < -0.39 is 26.3 Å². The lowest BCUT2D eigenvalue weighted by Crippen LogP contribution is -2.51. The van der Waals surface area contributed by atoms with Crippen LogP contribution in [-0.2, 0) is 18.7 Å². The molecule has 2 aliphatic rings. The highest BCUT2D eigenvalue weighted by molar-refractivity contribution is 6.74. The summed E-state index contributed by atoms with van der Waals surface area (Å²) in [5.74, 6) is -0.381. The van der Waals surface area contributed by atoms with Crippen LogP contribution in [0.5, 0.6) is 0 Å². The monoisotopic (exact) mass is 364 g/mol. The van der Waals surface area contributed by atoms with Gasteiger partial charge in [0, 0.05) is 0 Å². The molecule has 138 valence electrons. The van der Waals surface area contributed by atoms with Crippen LogP contribution < -0.4 is 0 Å². The van der Waals surface area contributed by atoms with Gasteiger partial charge in [-0.05, 0) is 50.2 Å². The van der Waals surface area contributed by atoms with E-state index in [0.717, 1.165) is 0 Å². The number of ketones is 1. The number of carbonyl (C=O) groups excluding carboxylic acids is 1. The first-order valence-electron chi connectivity index (χ1n) is 8.75. The molecule has 1 fully saturated rings. The summed E-state index contributed by atoms with van der Waals surface area (Å²) in [6.07, 6.45) is 1.97. The number of hydrogen-bond donors (Lipinski definition) is 0. The Morgan fingerprint density at radius 3 is 2.44 bits per heavy atom. The highest BCUT2D eigenvalue weighted by Crippen LogP contribution is 2.43. The number of fused-ring (bicyclic) bond motifs is 1. The maximum atomic E-state index is 12.9. The van der Waals surface area contributed by atoms with Crippen molar-refractivity contribution in [2.45, 2.75) is 76.8 Å². The molecule has 0 amide bonds. The summed E-state index contributed by atoms with van der Waals surface area (Å²) in [5.41, 5.74) is 0.510. The number of Topliss-reactive ketones (excluding diaryl/α,β-unsaturated/α-hetero) is 1. The van der Waals surface area contributed by atoms with E-state index in [4.69, 9.17) is 18.3 Å². The van der Waals surface area contributed by atoms with Gasteiger partial charge in [0.15, 0.2) is 26.0 Å². The van der Waals surface area contributed by atoms with Crippen LogP contribution in [0, 0.1) is 0 Å². The van der Waals surface area contributed by atoms with Crippen LogP contribution in [0.4, 0.5) is 0 Å². The molecule has 0 N–H and O–H groups in total. The minimum atomic E-state index is -2.06. The normalized spacial score (nSPS) is 29.5. The van der Waals surface area contributed by atoms with Crippen LogP contribution in [0.2, 0.25) is 18.1 Å². The Morgan fingerprint density at radius 1 is 1.20 bits per heavy atom. The predicted octanol–water partition coefficient (Wildman–Crippen LogP) is 4.16. The molecule has 0 aromatic carbocycles. The van der Waals surface area contributed by atoms with Gasteiger partial charge in [-0.2, -0.15) is 0 Å². The number of hydrogen-bond acceptors (Lipinski definition) is 5.